The second kappa shape index (κ2) is 9.27. The minimum Gasteiger partial charge on any atom is -0.349 e. The Morgan fingerprint density at radius 1 is 1.10 bits per heavy atom. The van der Waals surface area contributed by atoms with Gasteiger partial charge in [0, 0.05) is 21.1 Å². The van der Waals surface area contributed by atoms with Gasteiger partial charge in [0.05, 0.1) is 10.9 Å². The summed E-state index contributed by atoms with van der Waals surface area (Å²) in [7, 11) is 0. The zero-order valence-electron chi connectivity index (χ0n) is 14.7. The van der Waals surface area contributed by atoms with E-state index in [1.165, 1.54) is 0 Å². The molecule has 3 rings (SSSR count). The molecule has 6 nitrogen and oxygen atoms in total. The van der Waals surface area contributed by atoms with E-state index in [4.69, 9.17) is 0 Å². The molecular weight excluding hydrogens is 520 g/mol. The molecule has 0 aromatic heterocycles. The fourth-order valence-electron chi connectivity index (χ4n) is 2.68. The fourth-order valence-corrected chi connectivity index (χ4v) is 5.01. The summed E-state index contributed by atoms with van der Waals surface area (Å²) in [5, 5.41) is 21.1. The molecule has 0 bridgehead atoms. The maximum absolute atomic E-state index is 13.0. The quantitative estimate of drug-likeness (QED) is 0.433. The molecule has 1 saturated heterocycles. The highest BCUT2D eigenvalue weighted by Crippen LogP contribution is 2.38. The van der Waals surface area contributed by atoms with Crippen LogP contribution in [0.15, 0.2) is 68.1 Å². The summed E-state index contributed by atoms with van der Waals surface area (Å²) in [5.41, 5.74) is 0.971. The van der Waals surface area contributed by atoms with Crippen molar-refractivity contribution in [2.24, 2.45) is 0 Å². The van der Waals surface area contributed by atoms with Gasteiger partial charge >= 0.3 is 0 Å². The minimum absolute atomic E-state index is 0.0316. The van der Waals surface area contributed by atoms with E-state index < -0.39 is 11.2 Å². The van der Waals surface area contributed by atoms with Gasteiger partial charge in [-0.2, -0.15) is 10.5 Å². The van der Waals surface area contributed by atoms with Crippen LogP contribution in [0, 0.1) is 22.7 Å². The third kappa shape index (κ3) is 4.70. The van der Waals surface area contributed by atoms with Crippen molar-refractivity contribution in [1.82, 2.24) is 0 Å². The number of rotatable bonds is 5. The van der Waals surface area contributed by atoms with Crippen LogP contribution in [0.5, 0.6) is 0 Å². The third-order valence-electron chi connectivity index (χ3n) is 4.00. The summed E-state index contributed by atoms with van der Waals surface area (Å²) in [5.74, 6) is -0.740. The van der Waals surface area contributed by atoms with Crippen molar-refractivity contribution >= 4 is 66.8 Å². The standard InChI is InChI=1S/C20H12Br2N4O2S/c21-13-6-7-16(15(22)8-13)26-18(27)9-17(20(26)28)29-19(12(10-23)11-24)25-14-4-2-1-3-5-14/h1-8,17,25H,9H2/t17-/m1/s1. The van der Waals surface area contributed by atoms with E-state index in [0.29, 0.717) is 15.8 Å². The number of benzene rings is 2. The van der Waals surface area contributed by atoms with Gasteiger partial charge in [-0.15, -0.1) is 0 Å². The van der Waals surface area contributed by atoms with Crippen LogP contribution in [0.2, 0.25) is 0 Å². The second-order valence-corrected chi connectivity index (χ2v) is 8.88. The molecule has 9 heteroatoms. The number of para-hydroxylation sites is 1. The van der Waals surface area contributed by atoms with E-state index in [0.717, 1.165) is 21.1 Å². The molecule has 1 aliphatic heterocycles. The largest absolute Gasteiger partial charge is 0.349 e. The van der Waals surface area contributed by atoms with Crippen LogP contribution < -0.4 is 10.2 Å². The fraction of sp³-hybridized carbons (Fsp3) is 0.100. The normalized spacial score (nSPS) is 15.6. The average molecular weight is 532 g/mol. The van der Waals surface area contributed by atoms with Gasteiger partial charge in [0.15, 0.2) is 5.57 Å². The topological polar surface area (TPSA) is 97.0 Å². The van der Waals surface area contributed by atoms with Crippen molar-refractivity contribution in [2.45, 2.75) is 11.7 Å². The Morgan fingerprint density at radius 2 is 1.79 bits per heavy atom. The molecule has 1 N–H and O–H groups in total. The third-order valence-corrected chi connectivity index (χ3v) is 6.32. The minimum atomic E-state index is -0.749. The zero-order valence-corrected chi connectivity index (χ0v) is 18.7. The number of hydrogen-bond acceptors (Lipinski definition) is 6. The first-order valence-electron chi connectivity index (χ1n) is 8.29. The lowest BCUT2D eigenvalue weighted by Crippen LogP contribution is -2.31. The molecule has 0 spiro atoms. The van der Waals surface area contributed by atoms with Crippen LogP contribution in [0.3, 0.4) is 0 Å². The molecule has 2 aromatic rings. The van der Waals surface area contributed by atoms with Crippen molar-refractivity contribution in [3.05, 3.63) is 68.1 Å². The summed E-state index contributed by atoms with van der Waals surface area (Å²) in [6.45, 7) is 0. The van der Waals surface area contributed by atoms with Gasteiger partial charge in [-0.25, -0.2) is 4.90 Å². The Hall–Kier alpha value is -2.59. The van der Waals surface area contributed by atoms with E-state index in [1.54, 1.807) is 42.5 Å². The summed E-state index contributed by atoms with van der Waals surface area (Å²) in [4.78, 5) is 26.7. The van der Waals surface area contributed by atoms with Crippen LogP contribution in [-0.4, -0.2) is 17.1 Å². The highest BCUT2D eigenvalue weighted by Gasteiger charge is 2.41. The van der Waals surface area contributed by atoms with E-state index in [1.807, 2.05) is 18.2 Å². The average Bonchev–Trinajstić information content (AvgIpc) is 2.97. The summed E-state index contributed by atoms with van der Waals surface area (Å²) >= 11 is 7.74. The SMILES string of the molecule is N#CC(C#N)=C(Nc1ccccc1)S[C@@H]1CC(=O)N(c2ccc(Br)cc2Br)C1=O. The van der Waals surface area contributed by atoms with Crippen molar-refractivity contribution in [2.75, 3.05) is 10.2 Å². The Morgan fingerprint density at radius 3 is 2.41 bits per heavy atom. The number of nitriles is 2. The highest BCUT2D eigenvalue weighted by molar-refractivity contribution is 9.11. The molecule has 0 saturated carbocycles. The Kier molecular flexibility index (Phi) is 6.75. The molecule has 1 aliphatic rings. The Bertz CT molecular complexity index is 1070. The van der Waals surface area contributed by atoms with Crippen LogP contribution in [-0.2, 0) is 9.59 Å². The molecule has 0 radical (unpaired) electrons. The number of nitrogens with one attached hydrogen (secondary N) is 1. The second-order valence-electron chi connectivity index (χ2n) is 5.89. The van der Waals surface area contributed by atoms with Crippen LogP contribution in [0.25, 0.3) is 0 Å². The number of thioether (sulfide) groups is 1. The number of anilines is 2. The smallest absolute Gasteiger partial charge is 0.247 e. The predicted octanol–water partition coefficient (Wildman–Crippen LogP) is 4.95. The maximum atomic E-state index is 13.0. The van der Waals surface area contributed by atoms with E-state index in [-0.39, 0.29) is 22.9 Å². The lowest BCUT2D eigenvalue weighted by atomic mass is 10.3. The molecule has 2 amide bonds. The van der Waals surface area contributed by atoms with E-state index >= 15 is 0 Å². The lowest BCUT2D eigenvalue weighted by molar-refractivity contribution is -0.121. The van der Waals surface area contributed by atoms with Gasteiger partial charge in [-0.3, -0.25) is 9.59 Å². The number of halogens is 2. The highest BCUT2D eigenvalue weighted by atomic mass is 79.9. The van der Waals surface area contributed by atoms with Crippen LogP contribution in [0.1, 0.15) is 6.42 Å². The monoisotopic (exact) mass is 530 g/mol. The van der Waals surface area contributed by atoms with Gasteiger partial charge in [-0.1, -0.05) is 45.9 Å². The molecule has 1 atom stereocenters. The molecule has 2 aromatic carbocycles. The number of hydrogen-bond donors (Lipinski definition) is 1. The van der Waals surface area contributed by atoms with Crippen molar-refractivity contribution < 1.29 is 9.59 Å². The number of allylic oxidation sites excluding steroid dienone is 1. The Labute approximate surface area is 188 Å². The van der Waals surface area contributed by atoms with Crippen molar-refractivity contribution in [3.63, 3.8) is 0 Å². The van der Waals surface area contributed by atoms with E-state index in [9.17, 15) is 20.1 Å². The molecule has 0 aliphatic carbocycles. The van der Waals surface area contributed by atoms with Crippen LogP contribution >= 0.6 is 43.6 Å². The maximum Gasteiger partial charge on any atom is 0.247 e. The first-order valence-corrected chi connectivity index (χ1v) is 10.8. The summed E-state index contributed by atoms with van der Waals surface area (Å²) < 4.78 is 1.41. The lowest BCUT2D eigenvalue weighted by Gasteiger charge is -2.17. The van der Waals surface area contributed by atoms with Gasteiger partial charge in [-0.05, 0) is 46.3 Å². The first-order chi connectivity index (χ1) is 13.9. The zero-order chi connectivity index (χ0) is 21.0. The molecule has 29 heavy (non-hydrogen) atoms. The first kappa shape index (κ1) is 21.1. The molecule has 1 fully saturated rings. The van der Waals surface area contributed by atoms with Gasteiger partial charge in [0.2, 0.25) is 11.8 Å². The number of carbonyl (C=O) groups is 2. The van der Waals surface area contributed by atoms with Crippen LogP contribution in [0.4, 0.5) is 11.4 Å². The number of nitrogens with zero attached hydrogens (tertiary/aromatic N) is 3. The molecule has 1 heterocycles. The van der Waals surface area contributed by atoms with E-state index in [2.05, 4.69) is 37.2 Å². The number of imide groups is 1. The molecule has 144 valence electrons. The van der Waals surface area contributed by atoms with Gasteiger partial charge in [0.1, 0.15) is 17.2 Å². The van der Waals surface area contributed by atoms with Gasteiger partial charge < -0.3 is 5.32 Å². The van der Waals surface area contributed by atoms with Crippen molar-refractivity contribution in [3.8, 4) is 12.1 Å². The van der Waals surface area contributed by atoms with Crippen molar-refractivity contribution in [1.29, 1.82) is 10.5 Å². The summed E-state index contributed by atoms with van der Waals surface area (Å²) in [6, 6.07) is 17.9. The van der Waals surface area contributed by atoms with Gasteiger partial charge in [0.25, 0.3) is 0 Å². The number of amides is 2. The predicted molar refractivity (Wildman–Crippen MR) is 119 cm³/mol. The molecule has 0 unspecified atom stereocenters. The number of carbonyl (C=O) groups excluding carboxylic acids is 2. The molecular formula is C20H12Br2N4O2S. The summed E-state index contributed by atoms with van der Waals surface area (Å²) in [6.07, 6.45) is -0.0316. The Balaban J connectivity index is 1.88.